The van der Waals surface area contributed by atoms with Crippen LogP contribution in [0.1, 0.15) is 15.9 Å². The summed E-state index contributed by atoms with van der Waals surface area (Å²) in [5.74, 6) is -0.449. The standard InChI is InChI=1S/C18H16N2O3/c1-23-11-14-13-9-5-6-10-15(13)20-18(22)16(14)17(21)19-12-7-3-2-4-8-12/h2-10H,11H2,1H3,(H,19,21)(H,20,22). The Bertz CT molecular complexity index is 901. The average Bonchev–Trinajstić information content (AvgIpc) is 2.56. The number of nitrogens with one attached hydrogen (secondary N) is 2. The molecular weight excluding hydrogens is 292 g/mol. The van der Waals surface area contributed by atoms with Gasteiger partial charge in [0.15, 0.2) is 0 Å². The van der Waals surface area contributed by atoms with Crippen LogP contribution in [-0.4, -0.2) is 18.0 Å². The summed E-state index contributed by atoms with van der Waals surface area (Å²) in [4.78, 5) is 27.7. The molecule has 0 aliphatic rings. The second-order valence-electron chi connectivity index (χ2n) is 5.11. The van der Waals surface area contributed by atoms with Crippen LogP contribution < -0.4 is 10.9 Å². The third-order valence-electron chi connectivity index (χ3n) is 3.58. The first kappa shape index (κ1) is 15.0. The van der Waals surface area contributed by atoms with Gasteiger partial charge >= 0.3 is 0 Å². The third-order valence-corrected chi connectivity index (χ3v) is 3.58. The van der Waals surface area contributed by atoms with Crippen molar-refractivity contribution in [3.63, 3.8) is 0 Å². The van der Waals surface area contributed by atoms with Crippen LogP contribution in [0.2, 0.25) is 0 Å². The van der Waals surface area contributed by atoms with E-state index in [1.54, 1.807) is 18.2 Å². The molecule has 0 aliphatic carbocycles. The van der Waals surface area contributed by atoms with E-state index in [2.05, 4.69) is 10.3 Å². The zero-order valence-corrected chi connectivity index (χ0v) is 12.6. The molecule has 0 radical (unpaired) electrons. The number of aromatic amines is 1. The monoisotopic (exact) mass is 308 g/mol. The molecule has 2 aromatic carbocycles. The molecule has 1 amide bonds. The fourth-order valence-corrected chi connectivity index (χ4v) is 2.56. The van der Waals surface area contributed by atoms with Crippen molar-refractivity contribution in [2.45, 2.75) is 6.61 Å². The smallest absolute Gasteiger partial charge is 0.261 e. The lowest BCUT2D eigenvalue weighted by Gasteiger charge is -2.12. The first-order valence-corrected chi connectivity index (χ1v) is 7.20. The van der Waals surface area contributed by atoms with Crippen molar-refractivity contribution < 1.29 is 9.53 Å². The highest BCUT2D eigenvalue weighted by Gasteiger charge is 2.19. The molecule has 0 saturated heterocycles. The number of benzene rings is 2. The van der Waals surface area contributed by atoms with Crippen LogP contribution >= 0.6 is 0 Å². The predicted octanol–water partition coefficient (Wildman–Crippen LogP) is 2.93. The van der Waals surface area contributed by atoms with E-state index in [1.807, 2.05) is 36.4 Å². The lowest BCUT2D eigenvalue weighted by Crippen LogP contribution is -2.26. The summed E-state index contributed by atoms with van der Waals surface area (Å²) in [5.41, 5.74) is 1.55. The number of aromatic nitrogens is 1. The molecule has 23 heavy (non-hydrogen) atoms. The molecule has 0 unspecified atom stereocenters. The Hall–Kier alpha value is -2.92. The molecule has 5 heteroatoms. The number of rotatable bonds is 4. The lowest BCUT2D eigenvalue weighted by molar-refractivity contribution is 0.102. The molecule has 0 fully saturated rings. The number of carbonyl (C=O) groups is 1. The molecule has 116 valence electrons. The number of hydrogen-bond acceptors (Lipinski definition) is 3. The Balaban J connectivity index is 2.12. The number of H-pyrrole nitrogens is 1. The maximum Gasteiger partial charge on any atom is 0.261 e. The number of fused-ring (bicyclic) bond motifs is 1. The molecule has 0 aliphatic heterocycles. The number of para-hydroxylation sites is 2. The van der Waals surface area contributed by atoms with E-state index < -0.39 is 11.5 Å². The van der Waals surface area contributed by atoms with E-state index in [0.717, 1.165) is 5.39 Å². The van der Waals surface area contributed by atoms with Gasteiger partial charge in [0, 0.05) is 29.3 Å². The van der Waals surface area contributed by atoms with Gasteiger partial charge in [0.1, 0.15) is 5.56 Å². The molecule has 3 rings (SSSR count). The van der Waals surface area contributed by atoms with Gasteiger partial charge in [-0.15, -0.1) is 0 Å². The summed E-state index contributed by atoms with van der Waals surface area (Å²) >= 11 is 0. The van der Waals surface area contributed by atoms with Gasteiger partial charge in [-0.1, -0.05) is 36.4 Å². The fraction of sp³-hybridized carbons (Fsp3) is 0.111. The molecule has 0 bridgehead atoms. The highest BCUT2D eigenvalue weighted by atomic mass is 16.5. The Morgan fingerprint density at radius 1 is 1.09 bits per heavy atom. The van der Waals surface area contributed by atoms with Gasteiger partial charge in [-0.05, 0) is 18.2 Å². The highest BCUT2D eigenvalue weighted by Crippen LogP contribution is 2.20. The van der Waals surface area contributed by atoms with Crippen molar-refractivity contribution >= 4 is 22.5 Å². The fourth-order valence-electron chi connectivity index (χ4n) is 2.56. The van der Waals surface area contributed by atoms with Gasteiger partial charge in [0.25, 0.3) is 11.5 Å². The molecule has 3 aromatic rings. The molecule has 1 heterocycles. The Labute approximate surface area is 132 Å². The topological polar surface area (TPSA) is 71.2 Å². The van der Waals surface area contributed by atoms with E-state index in [-0.39, 0.29) is 12.2 Å². The van der Waals surface area contributed by atoms with E-state index in [9.17, 15) is 9.59 Å². The van der Waals surface area contributed by atoms with E-state index in [1.165, 1.54) is 7.11 Å². The largest absolute Gasteiger partial charge is 0.380 e. The van der Waals surface area contributed by atoms with Gasteiger partial charge in [-0.25, -0.2) is 0 Å². The summed E-state index contributed by atoms with van der Waals surface area (Å²) < 4.78 is 5.20. The predicted molar refractivity (Wildman–Crippen MR) is 89.7 cm³/mol. The zero-order chi connectivity index (χ0) is 16.2. The van der Waals surface area contributed by atoms with Crippen molar-refractivity contribution in [3.05, 3.63) is 76.1 Å². The maximum absolute atomic E-state index is 12.6. The number of hydrogen-bond donors (Lipinski definition) is 2. The van der Waals surface area contributed by atoms with Gasteiger partial charge < -0.3 is 15.0 Å². The van der Waals surface area contributed by atoms with Crippen LogP contribution in [0.3, 0.4) is 0 Å². The van der Waals surface area contributed by atoms with Crippen LogP contribution in [0.5, 0.6) is 0 Å². The number of amides is 1. The number of carbonyl (C=O) groups excluding carboxylic acids is 1. The van der Waals surface area contributed by atoms with E-state index in [0.29, 0.717) is 16.8 Å². The molecule has 1 aromatic heterocycles. The highest BCUT2D eigenvalue weighted by molar-refractivity contribution is 6.07. The number of methoxy groups -OCH3 is 1. The third kappa shape index (κ3) is 3.00. The van der Waals surface area contributed by atoms with Gasteiger partial charge in [-0.3, -0.25) is 9.59 Å². The van der Waals surface area contributed by atoms with Crippen LogP contribution in [0.15, 0.2) is 59.4 Å². The minimum Gasteiger partial charge on any atom is -0.380 e. The second kappa shape index (κ2) is 6.46. The summed E-state index contributed by atoms with van der Waals surface area (Å²) in [5, 5.41) is 3.55. The van der Waals surface area contributed by atoms with Crippen LogP contribution in [0.4, 0.5) is 5.69 Å². The van der Waals surface area contributed by atoms with Gasteiger partial charge in [0.05, 0.1) is 6.61 Å². The van der Waals surface area contributed by atoms with Crippen LogP contribution in [0, 0.1) is 0 Å². The summed E-state index contributed by atoms with van der Waals surface area (Å²) in [6.07, 6.45) is 0. The quantitative estimate of drug-likeness (QED) is 0.778. The van der Waals surface area contributed by atoms with Gasteiger partial charge in [-0.2, -0.15) is 0 Å². The van der Waals surface area contributed by atoms with Crippen molar-refractivity contribution in [1.29, 1.82) is 0 Å². The molecular formula is C18H16N2O3. The lowest BCUT2D eigenvalue weighted by atomic mass is 10.0. The summed E-state index contributed by atoms with van der Waals surface area (Å²) in [6, 6.07) is 16.4. The number of pyridine rings is 1. The Kier molecular flexibility index (Phi) is 4.21. The zero-order valence-electron chi connectivity index (χ0n) is 12.6. The molecule has 0 atom stereocenters. The maximum atomic E-state index is 12.6. The summed E-state index contributed by atoms with van der Waals surface area (Å²) in [7, 11) is 1.54. The van der Waals surface area contributed by atoms with Gasteiger partial charge in [0.2, 0.25) is 0 Å². The molecule has 2 N–H and O–H groups in total. The first-order valence-electron chi connectivity index (χ1n) is 7.20. The minimum absolute atomic E-state index is 0.0782. The average molecular weight is 308 g/mol. The van der Waals surface area contributed by atoms with Crippen LogP contribution in [-0.2, 0) is 11.3 Å². The Morgan fingerprint density at radius 3 is 2.52 bits per heavy atom. The van der Waals surface area contributed by atoms with Crippen molar-refractivity contribution in [1.82, 2.24) is 4.98 Å². The second-order valence-corrected chi connectivity index (χ2v) is 5.11. The molecule has 0 saturated carbocycles. The normalized spacial score (nSPS) is 10.7. The van der Waals surface area contributed by atoms with Crippen molar-refractivity contribution in [2.24, 2.45) is 0 Å². The van der Waals surface area contributed by atoms with Crippen molar-refractivity contribution in [3.8, 4) is 0 Å². The van der Waals surface area contributed by atoms with Crippen molar-refractivity contribution in [2.75, 3.05) is 12.4 Å². The molecule has 5 nitrogen and oxygen atoms in total. The van der Waals surface area contributed by atoms with E-state index in [4.69, 9.17) is 4.74 Å². The number of ether oxygens (including phenoxy) is 1. The first-order chi connectivity index (χ1) is 11.2. The number of anilines is 1. The molecule has 0 spiro atoms. The Morgan fingerprint density at radius 2 is 1.78 bits per heavy atom. The summed E-state index contributed by atoms with van der Waals surface area (Å²) in [6.45, 7) is 0.183. The minimum atomic E-state index is -0.449. The van der Waals surface area contributed by atoms with E-state index >= 15 is 0 Å². The van der Waals surface area contributed by atoms with Crippen LogP contribution in [0.25, 0.3) is 10.9 Å². The SMILES string of the molecule is COCc1c(C(=O)Nc2ccccc2)c(=O)[nH]c2ccccc12.